The van der Waals surface area contributed by atoms with Crippen molar-refractivity contribution in [2.24, 2.45) is 0 Å². The Morgan fingerprint density at radius 3 is 2.68 bits per heavy atom. The average molecular weight is 413 g/mol. The number of thioether (sulfide) groups is 1. The van der Waals surface area contributed by atoms with Crippen molar-refractivity contribution in [1.29, 1.82) is 0 Å². The van der Waals surface area contributed by atoms with E-state index in [1.54, 1.807) is 11.3 Å². The Morgan fingerprint density at radius 1 is 1.18 bits per heavy atom. The lowest BCUT2D eigenvalue weighted by atomic mass is 10.1. The van der Waals surface area contributed by atoms with Gasteiger partial charge in [-0.2, -0.15) is 11.8 Å². The van der Waals surface area contributed by atoms with Gasteiger partial charge in [-0.3, -0.25) is 4.79 Å². The van der Waals surface area contributed by atoms with Crippen molar-refractivity contribution in [3.05, 3.63) is 70.4 Å². The molecule has 4 rings (SSSR count). The standard InChI is InChI=1S/C21H20N2O3S2/c1-14-4-6-15(7-5-14)22-18(24)12-26-21(25)19-16-8-11-27-13-17(16)28-20(19)23-9-2-3-10-23/h2-7,9-10H,8,11-13H2,1H3,(H,22,24). The molecular formula is C21H20N2O3S2. The second-order valence-corrected chi connectivity index (χ2v) is 8.76. The van der Waals surface area contributed by atoms with Gasteiger partial charge in [-0.25, -0.2) is 4.79 Å². The lowest BCUT2D eigenvalue weighted by Gasteiger charge is -2.13. The van der Waals surface area contributed by atoms with Gasteiger partial charge in [0.05, 0.1) is 5.56 Å². The van der Waals surface area contributed by atoms with Crippen molar-refractivity contribution in [3.63, 3.8) is 0 Å². The minimum Gasteiger partial charge on any atom is -0.452 e. The molecule has 7 heteroatoms. The Balaban J connectivity index is 1.49. The molecule has 3 heterocycles. The van der Waals surface area contributed by atoms with Gasteiger partial charge in [0.1, 0.15) is 5.00 Å². The van der Waals surface area contributed by atoms with E-state index in [9.17, 15) is 9.59 Å². The van der Waals surface area contributed by atoms with Gasteiger partial charge < -0.3 is 14.6 Å². The summed E-state index contributed by atoms with van der Waals surface area (Å²) in [5, 5.41) is 3.61. The maximum absolute atomic E-state index is 12.9. The first-order valence-corrected chi connectivity index (χ1v) is 11.0. The number of esters is 1. The number of nitrogens with one attached hydrogen (secondary N) is 1. The first-order chi connectivity index (χ1) is 13.6. The van der Waals surface area contributed by atoms with Gasteiger partial charge in [0, 0.05) is 28.7 Å². The van der Waals surface area contributed by atoms with E-state index in [0.29, 0.717) is 11.3 Å². The topological polar surface area (TPSA) is 60.3 Å². The number of aryl methyl sites for hydroxylation is 1. The number of amides is 1. The Bertz CT molecular complexity index is 992. The van der Waals surface area contributed by atoms with Crippen LogP contribution in [0.4, 0.5) is 5.69 Å². The zero-order chi connectivity index (χ0) is 19.5. The van der Waals surface area contributed by atoms with E-state index in [-0.39, 0.29) is 12.5 Å². The number of anilines is 1. The quantitative estimate of drug-likeness (QED) is 0.630. The van der Waals surface area contributed by atoms with Gasteiger partial charge >= 0.3 is 5.97 Å². The van der Waals surface area contributed by atoms with E-state index in [1.165, 1.54) is 4.88 Å². The van der Waals surface area contributed by atoms with Gasteiger partial charge in [0.15, 0.2) is 6.61 Å². The van der Waals surface area contributed by atoms with E-state index in [2.05, 4.69) is 5.32 Å². The van der Waals surface area contributed by atoms with Gasteiger partial charge in [0.25, 0.3) is 5.91 Å². The minimum atomic E-state index is -0.438. The molecule has 1 aliphatic rings. The van der Waals surface area contributed by atoms with Crippen LogP contribution < -0.4 is 5.32 Å². The van der Waals surface area contributed by atoms with E-state index >= 15 is 0 Å². The average Bonchev–Trinajstić information content (AvgIpc) is 3.35. The lowest BCUT2D eigenvalue weighted by molar-refractivity contribution is -0.119. The molecule has 144 valence electrons. The highest BCUT2D eigenvalue weighted by Crippen LogP contribution is 2.38. The number of carbonyl (C=O) groups is 2. The fourth-order valence-corrected chi connectivity index (χ4v) is 5.55. The van der Waals surface area contributed by atoms with Crippen LogP contribution in [0.3, 0.4) is 0 Å². The molecule has 1 aromatic carbocycles. The van der Waals surface area contributed by atoms with Crippen LogP contribution in [0.25, 0.3) is 5.00 Å². The third-order valence-electron chi connectivity index (χ3n) is 4.51. The van der Waals surface area contributed by atoms with E-state index in [1.807, 2.05) is 72.0 Å². The van der Waals surface area contributed by atoms with Crippen molar-refractivity contribution in [1.82, 2.24) is 4.57 Å². The number of hydrogen-bond donors (Lipinski definition) is 1. The number of fused-ring (bicyclic) bond motifs is 1. The summed E-state index contributed by atoms with van der Waals surface area (Å²) in [7, 11) is 0. The molecule has 0 aliphatic carbocycles. The molecule has 0 radical (unpaired) electrons. The summed E-state index contributed by atoms with van der Waals surface area (Å²) in [6.45, 7) is 1.67. The van der Waals surface area contributed by atoms with E-state index < -0.39 is 5.97 Å². The third kappa shape index (κ3) is 4.00. The predicted molar refractivity (Wildman–Crippen MR) is 114 cm³/mol. The fourth-order valence-electron chi connectivity index (χ4n) is 3.12. The van der Waals surface area contributed by atoms with Gasteiger partial charge in [-0.1, -0.05) is 17.7 Å². The van der Waals surface area contributed by atoms with Crippen molar-refractivity contribution in [3.8, 4) is 5.00 Å². The van der Waals surface area contributed by atoms with Gasteiger partial charge in [0.2, 0.25) is 0 Å². The second kappa shape index (κ2) is 8.24. The number of carbonyl (C=O) groups excluding carboxylic acids is 2. The second-order valence-electron chi connectivity index (χ2n) is 6.57. The highest BCUT2D eigenvalue weighted by molar-refractivity contribution is 7.98. The first kappa shape index (κ1) is 18.8. The van der Waals surface area contributed by atoms with Crippen molar-refractivity contribution >= 4 is 40.7 Å². The highest BCUT2D eigenvalue weighted by Gasteiger charge is 2.27. The van der Waals surface area contributed by atoms with E-state index in [4.69, 9.17) is 4.74 Å². The summed E-state index contributed by atoms with van der Waals surface area (Å²) in [6.07, 6.45) is 4.69. The molecule has 0 fully saturated rings. The zero-order valence-electron chi connectivity index (χ0n) is 15.4. The molecule has 0 unspecified atom stereocenters. The monoisotopic (exact) mass is 412 g/mol. The number of rotatable bonds is 5. The number of thiophene rings is 1. The molecule has 5 nitrogen and oxygen atoms in total. The van der Waals surface area contributed by atoms with Crippen LogP contribution in [0.2, 0.25) is 0 Å². The van der Waals surface area contributed by atoms with E-state index in [0.717, 1.165) is 34.1 Å². The maximum Gasteiger partial charge on any atom is 0.341 e. The van der Waals surface area contributed by atoms with Crippen LogP contribution in [-0.2, 0) is 21.7 Å². The minimum absolute atomic E-state index is 0.308. The third-order valence-corrected chi connectivity index (χ3v) is 6.93. The largest absolute Gasteiger partial charge is 0.452 e. The fraction of sp³-hybridized carbons (Fsp3) is 0.238. The predicted octanol–water partition coefficient (Wildman–Crippen LogP) is 4.43. The molecule has 0 bridgehead atoms. The number of aromatic nitrogens is 1. The molecule has 28 heavy (non-hydrogen) atoms. The van der Waals surface area contributed by atoms with Gasteiger partial charge in [-0.15, -0.1) is 11.3 Å². The summed E-state index contributed by atoms with van der Waals surface area (Å²) < 4.78 is 7.33. The summed E-state index contributed by atoms with van der Waals surface area (Å²) in [5.74, 6) is 1.12. The molecule has 1 amide bonds. The molecule has 0 saturated carbocycles. The smallest absolute Gasteiger partial charge is 0.341 e. The molecule has 0 atom stereocenters. The summed E-state index contributed by atoms with van der Waals surface area (Å²) >= 11 is 3.50. The van der Waals surface area contributed by atoms with Crippen molar-refractivity contribution in [2.45, 2.75) is 19.1 Å². The SMILES string of the molecule is Cc1ccc(NC(=O)COC(=O)c2c(-n3cccc3)sc3c2CCSC3)cc1. The number of ether oxygens (including phenoxy) is 1. The Labute approximate surface area is 171 Å². The summed E-state index contributed by atoms with van der Waals surface area (Å²) in [5.41, 5.74) is 3.46. The molecule has 1 aliphatic heterocycles. The number of nitrogens with zero attached hydrogens (tertiary/aromatic N) is 1. The molecule has 2 aromatic heterocycles. The lowest BCUT2D eigenvalue weighted by Crippen LogP contribution is -2.22. The summed E-state index contributed by atoms with van der Waals surface area (Å²) in [4.78, 5) is 26.3. The van der Waals surface area contributed by atoms with Crippen LogP contribution in [0.5, 0.6) is 0 Å². The molecule has 3 aromatic rings. The van der Waals surface area contributed by atoms with Crippen LogP contribution in [-0.4, -0.2) is 28.8 Å². The summed E-state index contributed by atoms with van der Waals surface area (Å²) in [6, 6.07) is 11.3. The maximum atomic E-state index is 12.9. The van der Waals surface area contributed by atoms with Crippen LogP contribution in [0, 0.1) is 6.92 Å². The van der Waals surface area contributed by atoms with Crippen LogP contribution in [0.1, 0.15) is 26.4 Å². The van der Waals surface area contributed by atoms with Crippen LogP contribution in [0.15, 0.2) is 48.8 Å². The Kier molecular flexibility index (Phi) is 5.54. The molecule has 1 N–H and O–H groups in total. The molecule has 0 spiro atoms. The zero-order valence-corrected chi connectivity index (χ0v) is 17.1. The molecule has 0 saturated heterocycles. The highest BCUT2D eigenvalue weighted by atomic mass is 32.2. The van der Waals surface area contributed by atoms with Gasteiger partial charge in [-0.05, 0) is 48.9 Å². The normalized spacial score (nSPS) is 13.0. The first-order valence-electron chi connectivity index (χ1n) is 9.01. The van der Waals surface area contributed by atoms with Crippen molar-refractivity contribution in [2.75, 3.05) is 17.7 Å². The number of benzene rings is 1. The molecular weight excluding hydrogens is 392 g/mol. The Hall–Kier alpha value is -2.51. The Morgan fingerprint density at radius 2 is 1.93 bits per heavy atom. The van der Waals surface area contributed by atoms with Crippen molar-refractivity contribution < 1.29 is 14.3 Å². The van der Waals surface area contributed by atoms with Crippen LogP contribution >= 0.6 is 23.1 Å². The number of hydrogen-bond acceptors (Lipinski definition) is 5.